The van der Waals surface area contributed by atoms with Crippen molar-refractivity contribution in [2.45, 2.75) is 77.2 Å². The zero-order valence-electron chi connectivity index (χ0n) is 17.0. The second-order valence-electron chi connectivity index (χ2n) is 8.05. The van der Waals surface area contributed by atoms with Gasteiger partial charge in [-0.15, -0.1) is 0 Å². The molecule has 0 unspecified atom stereocenters. The van der Waals surface area contributed by atoms with Gasteiger partial charge in [0.15, 0.2) is 6.10 Å². The van der Waals surface area contributed by atoms with Crippen LogP contribution in [0.25, 0.3) is 0 Å². The monoisotopic (exact) mass is 372 g/mol. The van der Waals surface area contributed by atoms with Gasteiger partial charge in [0.1, 0.15) is 5.75 Å². The Bertz CT molecular complexity index is 594. The molecule has 1 heterocycles. The molecule has 4 nitrogen and oxygen atoms in total. The summed E-state index contributed by atoms with van der Waals surface area (Å²) in [5, 5.41) is 3.08. The molecule has 1 aliphatic carbocycles. The molecule has 1 fully saturated rings. The molecule has 0 radical (unpaired) electrons. The van der Waals surface area contributed by atoms with Crippen molar-refractivity contribution in [3.63, 3.8) is 0 Å². The number of amides is 1. The molecular formula is C23H36N2O2. The number of rotatable bonds is 8. The fraction of sp³-hybridized carbons (Fsp3) is 0.696. The van der Waals surface area contributed by atoms with Gasteiger partial charge in [-0.1, -0.05) is 25.8 Å². The lowest BCUT2D eigenvalue weighted by Crippen LogP contribution is -2.39. The molecule has 1 N–H and O–H groups in total. The third kappa shape index (κ3) is 6.24. The number of benzene rings is 1. The summed E-state index contributed by atoms with van der Waals surface area (Å²) in [7, 11) is 0. The van der Waals surface area contributed by atoms with Gasteiger partial charge in [0.2, 0.25) is 0 Å². The Kier molecular flexibility index (Phi) is 8.00. The fourth-order valence-corrected chi connectivity index (χ4v) is 4.26. The summed E-state index contributed by atoms with van der Waals surface area (Å²) in [6, 6.07) is 6.35. The van der Waals surface area contributed by atoms with Crippen molar-refractivity contribution in [2.24, 2.45) is 0 Å². The highest BCUT2D eigenvalue weighted by Crippen LogP contribution is 2.26. The average molecular weight is 373 g/mol. The minimum absolute atomic E-state index is 0.0195. The molecule has 0 saturated carbocycles. The molecule has 4 heteroatoms. The Morgan fingerprint density at radius 3 is 2.56 bits per heavy atom. The van der Waals surface area contributed by atoms with Crippen molar-refractivity contribution in [2.75, 3.05) is 26.2 Å². The first-order valence-electron chi connectivity index (χ1n) is 11.0. The van der Waals surface area contributed by atoms with Crippen LogP contribution in [0.15, 0.2) is 18.2 Å². The Labute approximate surface area is 164 Å². The van der Waals surface area contributed by atoms with Gasteiger partial charge < -0.3 is 15.0 Å². The number of hydrogen-bond acceptors (Lipinski definition) is 3. The molecule has 150 valence electrons. The summed E-state index contributed by atoms with van der Waals surface area (Å²) in [5.41, 5.74) is 2.84. The molecule has 1 aliphatic heterocycles. The minimum atomic E-state index is -0.398. The van der Waals surface area contributed by atoms with Crippen LogP contribution in [0.5, 0.6) is 5.75 Å². The van der Waals surface area contributed by atoms with E-state index in [4.69, 9.17) is 4.74 Å². The Hall–Kier alpha value is -1.55. The van der Waals surface area contributed by atoms with Crippen LogP contribution in [-0.4, -0.2) is 43.1 Å². The number of carbonyl (C=O) groups is 1. The molecule has 1 saturated heterocycles. The summed E-state index contributed by atoms with van der Waals surface area (Å²) in [4.78, 5) is 15.1. The van der Waals surface area contributed by atoms with Crippen molar-refractivity contribution in [3.05, 3.63) is 29.3 Å². The molecule has 2 aliphatic rings. The maximum Gasteiger partial charge on any atom is 0.261 e. The number of carbonyl (C=O) groups excluding carboxylic acids is 1. The van der Waals surface area contributed by atoms with Crippen molar-refractivity contribution >= 4 is 5.91 Å². The fourth-order valence-electron chi connectivity index (χ4n) is 4.26. The van der Waals surface area contributed by atoms with Crippen molar-refractivity contribution in [1.82, 2.24) is 10.2 Å². The van der Waals surface area contributed by atoms with Crippen LogP contribution in [0.3, 0.4) is 0 Å². The molecule has 1 aromatic carbocycles. The van der Waals surface area contributed by atoms with Gasteiger partial charge in [0.25, 0.3) is 5.91 Å². The lowest BCUT2D eigenvalue weighted by molar-refractivity contribution is -0.128. The molecule has 1 atom stereocenters. The van der Waals surface area contributed by atoms with Crippen molar-refractivity contribution in [3.8, 4) is 5.75 Å². The number of hydrogen-bond donors (Lipinski definition) is 1. The summed E-state index contributed by atoms with van der Waals surface area (Å²) in [6.45, 7) is 6.27. The minimum Gasteiger partial charge on any atom is -0.481 e. The van der Waals surface area contributed by atoms with E-state index in [1.807, 2.05) is 13.0 Å². The maximum absolute atomic E-state index is 12.5. The normalized spacial score (nSPS) is 19.0. The van der Waals surface area contributed by atoms with Crippen LogP contribution in [0, 0.1) is 0 Å². The second-order valence-corrected chi connectivity index (χ2v) is 8.05. The molecule has 0 aromatic heterocycles. The highest BCUT2D eigenvalue weighted by Gasteiger charge is 2.19. The largest absolute Gasteiger partial charge is 0.481 e. The first kappa shape index (κ1) is 20.2. The van der Waals surface area contributed by atoms with Gasteiger partial charge in [0, 0.05) is 6.54 Å². The van der Waals surface area contributed by atoms with Crippen LogP contribution in [0.1, 0.15) is 69.4 Å². The standard InChI is InChI=1S/C23H36N2O2/c1-2-22(27-21-13-12-19-10-5-6-11-20(19)18-21)23(26)24-14-9-17-25-15-7-3-4-8-16-25/h12-13,18,22H,2-11,14-17H2,1H3,(H,24,26)/t22-/m1/s1. The van der Waals surface area contributed by atoms with Gasteiger partial charge in [0.05, 0.1) is 0 Å². The summed E-state index contributed by atoms with van der Waals surface area (Å²) in [6.07, 6.45) is 11.5. The number of ether oxygens (including phenoxy) is 1. The van der Waals surface area contributed by atoms with Crippen LogP contribution >= 0.6 is 0 Å². The van der Waals surface area contributed by atoms with Crippen LogP contribution in [-0.2, 0) is 17.6 Å². The van der Waals surface area contributed by atoms with Gasteiger partial charge in [-0.05, 0) is 94.3 Å². The molecule has 1 aromatic rings. The second kappa shape index (κ2) is 10.7. The van der Waals surface area contributed by atoms with E-state index in [2.05, 4.69) is 22.3 Å². The zero-order chi connectivity index (χ0) is 18.9. The van der Waals surface area contributed by atoms with E-state index in [1.54, 1.807) is 0 Å². The molecule has 0 spiro atoms. The number of nitrogens with one attached hydrogen (secondary N) is 1. The topological polar surface area (TPSA) is 41.6 Å². The first-order valence-corrected chi connectivity index (χ1v) is 11.0. The van der Waals surface area contributed by atoms with Crippen LogP contribution in [0.2, 0.25) is 0 Å². The molecular weight excluding hydrogens is 336 g/mol. The van der Waals surface area contributed by atoms with E-state index in [1.165, 1.54) is 69.2 Å². The maximum atomic E-state index is 12.5. The first-order chi connectivity index (χ1) is 13.3. The van der Waals surface area contributed by atoms with Crippen LogP contribution in [0.4, 0.5) is 0 Å². The molecule has 27 heavy (non-hydrogen) atoms. The Morgan fingerprint density at radius 2 is 1.81 bits per heavy atom. The number of aryl methyl sites for hydroxylation is 2. The average Bonchev–Trinajstić information content (AvgIpc) is 2.98. The van der Waals surface area contributed by atoms with E-state index in [0.717, 1.165) is 31.7 Å². The summed E-state index contributed by atoms with van der Waals surface area (Å²) >= 11 is 0. The Balaban J connectivity index is 1.42. The SMILES string of the molecule is CC[C@@H](Oc1ccc2c(c1)CCCC2)C(=O)NCCCN1CCCCCC1. The van der Waals surface area contributed by atoms with E-state index >= 15 is 0 Å². The number of nitrogens with zero attached hydrogens (tertiary/aromatic N) is 1. The highest BCUT2D eigenvalue weighted by atomic mass is 16.5. The molecule has 1 amide bonds. The van der Waals surface area contributed by atoms with Gasteiger partial charge in [-0.2, -0.15) is 0 Å². The Morgan fingerprint density at radius 1 is 1.07 bits per heavy atom. The van der Waals surface area contributed by atoms with Gasteiger partial charge in [-0.25, -0.2) is 0 Å². The molecule has 0 bridgehead atoms. The van der Waals surface area contributed by atoms with E-state index in [0.29, 0.717) is 6.42 Å². The number of likely N-dealkylation sites (tertiary alicyclic amines) is 1. The quantitative estimate of drug-likeness (QED) is 0.699. The highest BCUT2D eigenvalue weighted by molar-refractivity contribution is 5.81. The van der Waals surface area contributed by atoms with Crippen LogP contribution < -0.4 is 10.1 Å². The van der Waals surface area contributed by atoms with E-state index in [-0.39, 0.29) is 5.91 Å². The smallest absolute Gasteiger partial charge is 0.261 e. The zero-order valence-corrected chi connectivity index (χ0v) is 17.0. The summed E-state index contributed by atoms with van der Waals surface area (Å²) in [5.74, 6) is 0.855. The lowest BCUT2D eigenvalue weighted by atomic mass is 9.92. The predicted molar refractivity (Wildman–Crippen MR) is 110 cm³/mol. The van der Waals surface area contributed by atoms with Gasteiger partial charge >= 0.3 is 0 Å². The number of fused-ring (bicyclic) bond motifs is 1. The lowest BCUT2D eigenvalue weighted by Gasteiger charge is -2.21. The predicted octanol–water partition coefficient (Wildman–Crippen LogP) is 4.11. The third-order valence-corrected chi connectivity index (χ3v) is 5.91. The summed E-state index contributed by atoms with van der Waals surface area (Å²) < 4.78 is 6.03. The van der Waals surface area contributed by atoms with Gasteiger partial charge in [-0.3, -0.25) is 4.79 Å². The third-order valence-electron chi connectivity index (χ3n) is 5.91. The molecule has 3 rings (SSSR count). The van der Waals surface area contributed by atoms with Crippen molar-refractivity contribution < 1.29 is 9.53 Å². The van der Waals surface area contributed by atoms with E-state index < -0.39 is 6.10 Å². The van der Waals surface area contributed by atoms with Crippen molar-refractivity contribution in [1.29, 1.82) is 0 Å². The van der Waals surface area contributed by atoms with E-state index in [9.17, 15) is 4.79 Å².